The van der Waals surface area contributed by atoms with E-state index in [-0.39, 0.29) is 28.8 Å². The van der Waals surface area contributed by atoms with Crippen molar-refractivity contribution in [2.75, 3.05) is 20.8 Å². The fraction of sp³-hybridized carbons (Fsp3) is 0.207. The lowest BCUT2D eigenvalue weighted by molar-refractivity contribution is -0.384. The van der Waals surface area contributed by atoms with Crippen LogP contribution in [0.5, 0.6) is 11.5 Å². The Kier molecular flexibility index (Phi) is 7.30. The van der Waals surface area contributed by atoms with Gasteiger partial charge in [-0.1, -0.05) is 0 Å². The Hall–Kier alpha value is -5.39. The number of hydrogen-bond donors (Lipinski definition) is 2. The van der Waals surface area contributed by atoms with E-state index in [1.807, 2.05) is 6.07 Å². The van der Waals surface area contributed by atoms with E-state index < -0.39 is 22.5 Å². The molecule has 0 radical (unpaired) electrons. The number of methoxy groups -OCH3 is 2. The Morgan fingerprint density at radius 1 is 1.10 bits per heavy atom. The van der Waals surface area contributed by atoms with Crippen LogP contribution in [0.1, 0.15) is 31.1 Å². The van der Waals surface area contributed by atoms with Gasteiger partial charge >= 0.3 is 5.97 Å². The average molecular weight is 558 g/mol. The molecular formula is C29H27N5O7. The predicted molar refractivity (Wildman–Crippen MR) is 149 cm³/mol. The number of aromatic amines is 2. The van der Waals surface area contributed by atoms with Crippen molar-refractivity contribution in [2.24, 2.45) is 4.99 Å². The van der Waals surface area contributed by atoms with Crippen LogP contribution in [-0.4, -0.2) is 46.3 Å². The number of imidazole rings is 1. The number of ether oxygens (including phenoxy) is 3. The normalized spacial score (nSPS) is 14.8. The number of hydrogen-bond acceptors (Lipinski definition) is 8. The highest BCUT2D eigenvalue weighted by atomic mass is 16.6. The zero-order chi connectivity index (χ0) is 29.3. The lowest BCUT2D eigenvalue weighted by Gasteiger charge is -2.26. The Morgan fingerprint density at radius 2 is 1.85 bits per heavy atom. The SMILES string of the molecule is CCOC(=O)C1=C(C)N=c2[nH]/c(=C/c3ccc(-c4ccc([N+](=O)[O-])cc4)[nH]3)c(=O)n2C1c1cc(OC)ccc1OC. The number of fused-ring (bicyclic) bond motifs is 1. The molecule has 210 valence electrons. The summed E-state index contributed by atoms with van der Waals surface area (Å²) in [6, 6.07) is 14.0. The number of nitrogens with one attached hydrogen (secondary N) is 2. The number of benzene rings is 2. The van der Waals surface area contributed by atoms with Crippen molar-refractivity contribution in [1.29, 1.82) is 0 Å². The highest BCUT2D eigenvalue weighted by molar-refractivity contribution is 5.91. The fourth-order valence-corrected chi connectivity index (χ4v) is 4.82. The van der Waals surface area contributed by atoms with Gasteiger partial charge in [-0.3, -0.25) is 19.5 Å². The van der Waals surface area contributed by atoms with Gasteiger partial charge in [0.15, 0.2) is 0 Å². The lowest BCUT2D eigenvalue weighted by atomic mass is 9.94. The molecule has 0 bridgehead atoms. The maximum Gasteiger partial charge on any atom is 0.338 e. The zero-order valence-corrected chi connectivity index (χ0v) is 22.8. The van der Waals surface area contributed by atoms with E-state index in [4.69, 9.17) is 14.2 Å². The molecule has 1 unspecified atom stereocenters. The van der Waals surface area contributed by atoms with E-state index in [9.17, 15) is 19.7 Å². The molecule has 12 heteroatoms. The third-order valence-corrected chi connectivity index (χ3v) is 6.74. The number of nitrogens with zero attached hydrogens (tertiary/aromatic N) is 3. The predicted octanol–water partition coefficient (Wildman–Crippen LogP) is 2.99. The maximum absolute atomic E-state index is 13.9. The van der Waals surface area contributed by atoms with E-state index in [2.05, 4.69) is 15.0 Å². The van der Waals surface area contributed by atoms with Crippen LogP contribution < -0.4 is 26.0 Å². The molecule has 1 aliphatic rings. The van der Waals surface area contributed by atoms with Crippen LogP contribution in [-0.2, 0) is 9.53 Å². The quantitative estimate of drug-likeness (QED) is 0.192. The van der Waals surface area contributed by atoms with Gasteiger partial charge in [0, 0.05) is 29.1 Å². The number of non-ortho nitro benzene ring substituents is 1. The summed E-state index contributed by atoms with van der Waals surface area (Å²) in [6.45, 7) is 3.54. The fourth-order valence-electron chi connectivity index (χ4n) is 4.82. The summed E-state index contributed by atoms with van der Waals surface area (Å²) in [5.74, 6) is 0.380. The van der Waals surface area contributed by atoms with Crippen LogP contribution in [0, 0.1) is 10.1 Å². The van der Waals surface area contributed by atoms with Crippen molar-refractivity contribution in [2.45, 2.75) is 19.9 Å². The Labute approximate surface area is 233 Å². The van der Waals surface area contributed by atoms with Gasteiger partial charge in [-0.2, -0.15) is 0 Å². The van der Waals surface area contributed by atoms with Crippen molar-refractivity contribution in [3.63, 3.8) is 0 Å². The molecule has 4 aromatic rings. The molecule has 2 N–H and O–H groups in total. The largest absolute Gasteiger partial charge is 0.497 e. The van der Waals surface area contributed by atoms with Crippen molar-refractivity contribution in [3.05, 3.63) is 109 Å². The molecular weight excluding hydrogens is 530 g/mol. The second-order valence-electron chi connectivity index (χ2n) is 9.15. The van der Waals surface area contributed by atoms with E-state index >= 15 is 0 Å². The molecule has 0 amide bonds. The molecule has 0 spiro atoms. The second kappa shape index (κ2) is 11.0. The number of nitro benzene ring substituents is 1. The van der Waals surface area contributed by atoms with Gasteiger partial charge in [0.25, 0.3) is 11.2 Å². The molecule has 2 aromatic heterocycles. The molecule has 2 aromatic carbocycles. The molecule has 0 saturated heterocycles. The lowest BCUT2D eigenvalue weighted by Crippen LogP contribution is -2.40. The smallest absolute Gasteiger partial charge is 0.338 e. The number of carbonyl (C=O) groups excluding carboxylic acids is 1. The van der Waals surface area contributed by atoms with Crippen molar-refractivity contribution >= 4 is 17.7 Å². The molecule has 0 fully saturated rings. The average Bonchev–Trinajstić information content (AvgIpc) is 3.56. The zero-order valence-electron chi connectivity index (χ0n) is 22.8. The first-order chi connectivity index (χ1) is 19.7. The third kappa shape index (κ3) is 5.02. The number of esters is 1. The number of carbonyl (C=O) groups is 1. The minimum Gasteiger partial charge on any atom is -0.497 e. The first-order valence-corrected chi connectivity index (χ1v) is 12.7. The third-order valence-electron chi connectivity index (χ3n) is 6.74. The Balaban J connectivity index is 1.64. The number of nitro groups is 1. The molecule has 41 heavy (non-hydrogen) atoms. The van der Waals surface area contributed by atoms with Gasteiger partial charge in [0.2, 0.25) is 5.62 Å². The molecule has 12 nitrogen and oxygen atoms in total. The van der Waals surface area contributed by atoms with E-state index in [0.29, 0.717) is 34.1 Å². The summed E-state index contributed by atoms with van der Waals surface area (Å²) >= 11 is 0. The minimum atomic E-state index is -0.906. The molecule has 5 rings (SSSR count). The van der Waals surface area contributed by atoms with Gasteiger partial charge in [0.05, 0.1) is 37.0 Å². The van der Waals surface area contributed by atoms with E-state index in [0.717, 1.165) is 5.56 Å². The molecule has 3 heterocycles. The van der Waals surface area contributed by atoms with Crippen LogP contribution in [0.15, 0.2) is 75.7 Å². The second-order valence-corrected chi connectivity index (χ2v) is 9.15. The monoisotopic (exact) mass is 557 g/mol. The van der Waals surface area contributed by atoms with Crippen LogP contribution in [0.4, 0.5) is 5.69 Å². The highest BCUT2D eigenvalue weighted by Crippen LogP contribution is 2.37. The minimum absolute atomic E-state index is 0.00543. The number of allylic oxidation sites excluding steroid dienone is 1. The van der Waals surface area contributed by atoms with Crippen molar-refractivity contribution in [3.8, 4) is 22.8 Å². The Morgan fingerprint density at radius 3 is 2.51 bits per heavy atom. The number of H-pyrrole nitrogens is 2. The van der Waals surface area contributed by atoms with Crippen LogP contribution in [0.25, 0.3) is 17.3 Å². The van der Waals surface area contributed by atoms with Gasteiger partial charge in [-0.05, 0) is 68.0 Å². The standard InChI is InChI=1S/C29H27N5O7/c1-5-41-28(36)25-16(2)30-29-32-23(14-18-8-12-22(31-18)17-6-9-19(10-7-17)34(37)38)27(35)33(29)26(25)21-15-20(39-3)11-13-24(21)40-4/h6-15,26,31H,5H2,1-4H3,(H,30,32)/b23-14+. The molecule has 0 aliphatic carbocycles. The topological polar surface area (TPSA) is 154 Å². The number of aromatic nitrogens is 3. The van der Waals surface area contributed by atoms with Crippen LogP contribution in [0.2, 0.25) is 0 Å². The van der Waals surface area contributed by atoms with Crippen molar-refractivity contribution in [1.82, 2.24) is 14.5 Å². The summed E-state index contributed by atoms with van der Waals surface area (Å²) in [5.41, 5.74) is 3.03. The van der Waals surface area contributed by atoms with Crippen molar-refractivity contribution < 1.29 is 23.9 Å². The first-order valence-electron chi connectivity index (χ1n) is 12.7. The maximum atomic E-state index is 13.9. The highest BCUT2D eigenvalue weighted by Gasteiger charge is 2.35. The van der Waals surface area contributed by atoms with Gasteiger partial charge in [0.1, 0.15) is 22.9 Å². The Bertz CT molecular complexity index is 1860. The number of rotatable bonds is 8. The van der Waals surface area contributed by atoms with E-state index in [1.165, 1.54) is 30.9 Å². The van der Waals surface area contributed by atoms with E-state index in [1.54, 1.807) is 56.3 Å². The summed E-state index contributed by atoms with van der Waals surface area (Å²) in [7, 11) is 3.03. The van der Waals surface area contributed by atoms with Crippen LogP contribution in [0.3, 0.4) is 0 Å². The summed E-state index contributed by atoms with van der Waals surface area (Å²) in [5, 5.41) is 11.2. The molecule has 0 saturated carbocycles. The van der Waals surface area contributed by atoms with Gasteiger partial charge in [-0.15, -0.1) is 0 Å². The van der Waals surface area contributed by atoms with Gasteiger partial charge in [-0.25, -0.2) is 9.79 Å². The molecule has 1 aliphatic heterocycles. The van der Waals surface area contributed by atoms with Crippen LogP contribution >= 0.6 is 0 Å². The summed E-state index contributed by atoms with van der Waals surface area (Å²) < 4.78 is 17.8. The van der Waals surface area contributed by atoms with Gasteiger partial charge < -0.3 is 24.2 Å². The molecule has 1 atom stereocenters. The first kappa shape index (κ1) is 27.2. The summed E-state index contributed by atoms with van der Waals surface area (Å²) in [6.07, 6.45) is 1.64. The summed E-state index contributed by atoms with van der Waals surface area (Å²) in [4.78, 5) is 48.4.